The third kappa shape index (κ3) is 3.58. The van der Waals surface area contributed by atoms with Gasteiger partial charge in [-0.15, -0.1) is 0 Å². The number of nitrogens with one attached hydrogen (secondary N) is 1. The molecular weight excluding hydrogens is 377 g/mol. The van der Waals surface area contributed by atoms with E-state index in [1.165, 1.54) is 20.3 Å². The van der Waals surface area contributed by atoms with Crippen LogP contribution in [0.15, 0.2) is 42.7 Å². The van der Waals surface area contributed by atoms with Crippen molar-refractivity contribution in [2.75, 3.05) is 32.2 Å². The average Bonchev–Trinajstić information content (AvgIpc) is 3.39. The van der Waals surface area contributed by atoms with Crippen molar-refractivity contribution in [3.8, 4) is 22.8 Å². The zero-order valence-electron chi connectivity index (χ0n) is 16.1. The van der Waals surface area contributed by atoms with Crippen molar-refractivity contribution in [3.63, 3.8) is 0 Å². The van der Waals surface area contributed by atoms with Gasteiger partial charge in [0.2, 0.25) is 5.88 Å². The number of H-pyrrole nitrogens is 1. The number of benzene rings is 1. The molecule has 150 valence electrons. The highest BCUT2D eigenvalue weighted by Crippen LogP contribution is 2.31. The number of amides is 2. The van der Waals surface area contributed by atoms with E-state index in [2.05, 4.69) is 15.2 Å². The van der Waals surface area contributed by atoms with E-state index in [-0.39, 0.29) is 11.8 Å². The lowest BCUT2D eigenvalue weighted by atomic mass is 10.1. The molecule has 1 fully saturated rings. The smallest absolute Gasteiger partial charge is 0.326 e. The summed E-state index contributed by atoms with van der Waals surface area (Å²) in [5.41, 5.74) is 2.42. The molecule has 3 aromatic rings. The summed E-state index contributed by atoms with van der Waals surface area (Å²) < 4.78 is 24.0. The number of halogens is 1. The molecule has 29 heavy (non-hydrogen) atoms. The minimum Gasteiger partial charge on any atom is -0.494 e. The quantitative estimate of drug-likeness (QED) is 0.691. The maximum Gasteiger partial charge on any atom is 0.326 e. The first-order valence-corrected chi connectivity index (χ1v) is 9.03. The van der Waals surface area contributed by atoms with Gasteiger partial charge in [-0.05, 0) is 29.8 Å². The molecule has 0 spiro atoms. The molecule has 4 rings (SSSR count). The van der Waals surface area contributed by atoms with E-state index in [9.17, 15) is 9.18 Å². The van der Waals surface area contributed by atoms with E-state index in [1.807, 2.05) is 6.07 Å². The molecule has 0 saturated carbocycles. The van der Waals surface area contributed by atoms with E-state index in [0.29, 0.717) is 31.3 Å². The maximum atomic E-state index is 13.6. The molecule has 0 bridgehead atoms. The Morgan fingerprint density at radius 1 is 1.17 bits per heavy atom. The van der Waals surface area contributed by atoms with E-state index in [1.54, 1.807) is 40.4 Å². The predicted molar refractivity (Wildman–Crippen MR) is 104 cm³/mol. The molecule has 1 N–H and O–H groups in total. The van der Waals surface area contributed by atoms with Crippen LogP contribution >= 0.6 is 0 Å². The molecule has 2 aromatic heterocycles. The minimum absolute atomic E-state index is 0.159. The third-order valence-electron chi connectivity index (χ3n) is 4.81. The molecule has 0 unspecified atom stereocenters. The van der Waals surface area contributed by atoms with Gasteiger partial charge in [-0.2, -0.15) is 10.1 Å². The molecule has 8 nitrogen and oxygen atoms in total. The maximum absolute atomic E-state index is 13.6. The van der Waals surface area contributed by atoms with E-state index < -0.39 is 5.82 Å². The molecule has 2 amide bonds. The van der Waals surface area contributed by atoms with Gasteiger partial charge in [0, 0.05) is 37.0 Å². The van der Waals surface area contributed by atoms with Gasteiger partial charge < -0.3 is 14.4 Å². The largest absolute Gasteiger partial charge is 0.494 e. The van der Waals surface area contributed by atoms with Crippen molar-refractivity contribution in [2.45, 2.75) is 6.54 Å². The fourth-order valence-corrected chi connectivity index (χ4v) is 3.32. The molecule has 1 saturated heterocycles. The number of hydrogen-bond donors (Lipinski definition) is 1. The number of carbonyl (C=O) groups is 1. The Bertz CT molecular complexity index is 1020. The number of urea groups is 1. The Kier molecular flexibility index (Phi) is 5.03. The normalized spacial score (nSPS) is 13.8. The molecule has 9 heteroatoms. The second kappa shape index (κ2) is 7.78. The van der Waals surface area contributed by atoms with Gasteiger partial charge in [-0.25, -0.2) is 9.18 Å². The summed E-state index contributed by atoms with van der Waals surface area (Å²) in [7, 11) is 2.95. The minimum atomic E-state index is -0.431. The Labute approximate surface area is 166 Å². The first-order valence-electron chi connectivity index (χ1n) is 9.03. The third-order valence-corrected chi connectivity index (χ3v) is 4.81. The van der Waals surface area contributed by atoms with Crippen LogP contribution in [-0.4, -0.2) is 53.4 Å². The molecule has 1 aliphatic heterocycles. The van der Waals surface area contributed by atoms with Crippen molar-refractivity contribution in [1.29, 1.82) is 0 Å². The Hall–Kier alpha value is -3.62. The lowest BCUT2D eigenvalue weighted by Gasteiger charge is -2.19. The Morgan fingerprint density at radius 3 is 2.76 bits per heavy atom. The van der Waals surface area contributed by atoms with Gasteiger partial charge >= 0.3 is 6.03 Å². The van der Waals surface area contributed by atoms with Crippen LogP contribution in [0.5, 0.6) is 11.6 Å². The van der Waals surface area contributed by atoms with Crippen LogP contribution in [0.25, 0.3) is 11.1 Å². The van der Waals surface area contributed by atoms with Crippen LogP contribution < -0.4 is 14.4 Å². The summed E-state index contributed by atoms with van der Waals surface area (Å²) in [5, 5.41) is 6.70. The van der Waals surface area contributed by atoms with Crippen molar-refractivity contribution >= 4 is 11.8 Å². The monoisotopic (exact) mass is 397 g/mol. The van der Waals surface area contributed by atoms with Crippen molar-refractivity contribution < 1.29 is 18.7 Å². The zero-order chi connectivity index (χ0) is 20.4. The van der Waals surface area contributed by atoms with E-state index >= 15 is 0 Å². The number of rotatable bonds is 6. The number of anilines is 1. The zero-order valence-corrected chi connectivity index (χ0v) is 16.1. The Balaban J connectivity index is 1.53. The number of hydrogen-bond acceptors (Lipinski definition) is 5. The van der Waals surface area contributed by atoms with Crippen molar-refractivity contribution in [3.05, 3.63) is 54.1 Å². The summed E-state index contributed by atoms with van der Waals surface area (Å²) in [5.74, 6) is 0.656. The van der Waals surface area contributed by atoms with Gasteiger partial charge in [0.15, 0.2) is 11.6 Å². The molecule has 0 aliphatic carbocycles. The standard InChI is InChI=1S/C20H20FN5O3/c1-28-17-9-13(3-5-16(17)21)12-25-7-8-26(20(25)27)18-6-4-15(19(24-18)29-2)14-10-22-23-11-14/h3-6,9-11H,7-8,12H2,1-2H3,(H,22,23). The van der Waals surface area contributed by atoms with Gasteiger partial charge in [-0.1, -0.05) is 6.07 Å². The summed E-state index contributed by atoms with van der Waals surface area (Å²) >= 11 is 0. The van der Waals surface area contributed by atoms with Crippen LogP contribution in [0.1, 0.15) is 5.56 Å². The lowest BCUT2D eigenvalue weighted by Crippen LogP contribution is -2.32. The second-order valence-corrected chi connectivity index (χ2v) is 6.54. The molecule has 0 atom stereocenters. The first-order chi connectivity index (χ1) is 14.1. The van der Waals surface area contributed by atoms with Gasteiger partial charge in [-0.3, -0.25) is 10.00 Å². The summed E-state index contributed by atoms with van der Waals surface area (Å²) in [6.07, 6.45) is 3.43. The van der Waals surface area contributed by atoms with Crippen LogP contribution in [0.2, 0.25) is 0 Å². The number of aromatic nitrogens is 3. The fraction of sp³-hybridized carbons (Fsp3) is 0.250. The molecular formula is C20H20FN5O3. The van der Waals surface area contributed by atoms with Crippen LogP contribution in [0.3, 0.4) is 0 Å². The lowest BCUT2D eigenvalue weighted by molar-refractivity contribution is 0.218. The molecule has 1 aliphatic rings. The van der Waals surface area contributed by atoms with Crippen molar-refractivity contribution in [1.82, 2.24) is 20.1 Å². The summed E-state index contributed by atoms with van der Waals surface area (Å²) in [4.78, 5) is 20.7. The highest BCUT2D eigenvalue weighted by Gasteiger charge is 2.31. The number of methoxy groups -OCH3 is 2. The molecule has 0 radical (unpaired) electrons. The fourth-order valence-electron chi connectivity index (χ4n) is 3.32. The number of pyridine rings is 1. The number of aromatic amines is 1. The highest BCUT2D eigenvalue weighted by atomic mass is 19.1. The number of carbonyl (C=O) groups excluding carboxylic acids is 1. The van der Waals surface area contributed by atoms with E-state index in [0.717, 1.165) is 16.7 Å². The first kappa shape index (κ1) is 18.7. The SMILES string of the molecule is COc1cc(CN2CCN(c3ccc(-c4cn[nH]c4)c(OC)n3)C2=O)ccc1F. The van der Waals surface area contributed by atoms with Crippen LogP contribution in [0, 0.1) is 5.82 Å². The number of nitrogens with zero attached hydrogens (tertiary/aromatic N) is 4. The summed E-state index contributed by atoms with van der Waals surface area (Å²) in [6.45, 7) is 1.39. The summed E-state index contributed by atoms with van der Waals surface area (Å²) in [6, 6.07) is 8.06. The van der Waals surface area contributed by atoms with Crippen molar-refractivity contribution in [2.24, 2.45) is 0 Å². The van der Waals surface area contributed by atoms with Crippen LogP contribution in [0.4, 0.5) is 15.0 Å². The molecule has 3 heterocycles. The van der Waals surface area contributed by atoms with E-state index in [4.69, 9.17) is 9.47 Å². The van der Waals surface area contributed by atoms with Crippen LogP contribution in [-0.2, 0) is 6.54 Å². The predicted octanol–water partition coefficient (Wildman–Crippen LogP) is 3.07. The van der Waals surface area contributed by atoms with Gasteiger partial charge in [0.1, 0.15) is 5.82 Å². The van der Waals surface area contributed by atoms with Gasteiger partial charge in [0.25, 0.3) is 0 Å². The number of ether oxygens (including phenoxy) is 2. The second-order valence-electron chi connectivity index (χ2n) is 6.54. The molecule has 1 aromatic carbocycles. The Morgan fingerprint density at radius 2 is 2.03 bits per heavy atom. The average molecular weight is 397 g/mol. The highest BCUT2D eigenvalue weighted by molar-refractivity contribution is 5.93. The van der Waals surface area contributed by atoms with Gasteiger partial charge in [0.05, 0.1) is 20.4 Å². The topological polar surface area (TPSA) is 83.6 Å².